The summed E-state index contributed by atoms with van der Waals surface area (Å²) >= 11 is 0. The summed E-state index contributed by atoms with van der Waals surface area (Å²) in [6.45, 7) is 4.76. The maximum atomic E-state index is 13.3. The Hall–Kier alpha value is -1.18. The lowest BCUT2D eigenvalue weighted by atomic mass is 9.96. The Bertz CT molecular complexity index is 575. The number of sulfonamides is 1. The molecule has 0 fully saturated rings. The normalized spacial score (nSPS) is 12.7. The molecule has 0 amide bonds. The molecule has 0 spiro atoms. The molecule has 1 aromatic rings. The van der Waals surface area contributed by atoms with Crippen LogP contribution in [-0.2, 0) is 10.0 Å². The number of aliphatic hydroxyl groups is 1. The minimum atomic E-state index is -3.88. The summed E-state index contributed by atoms with van der Waals surface area (Å²) in [6, 6.07) is 2.18. The number of anilines is 1. The van der Waals surface area contributed by atoms with Crippen molar-refractivity contribution in [3.05, 3.63) is 23.5 Å². The van der Waals surface area contributed by atoms with E-state index in [0.717, 1.165) is 12.1 Å². The van der Waals surface area contributed by atoms with Gasteiger partial charge in [0.1, 0.15) is 5.82 Å². The van der Waals surface area contributed by atoms with Crippen LogP contribution in [0, 0.1) is 12.7 Å². The fraction of sp³-hybridized carbons (Fsp3) is 0.538. The molecule has 0 aliphatic carbocycles. The van der Waals surface area contributed by atoms with Gasteiger partial charge in [-0.25, -0.2) is 17.5 Å². The van der Waals surface area contributed by atoms with E-state index in [2.05, 4.69) is 4.72 Å². The van der Waals surface area contributed by atoms with Crippen LogP contribution in [-0.4, -0.2) is 25.7 Å². The van der Waals surface area contributed by atoms with Crippen LogP contribution < -0.4 is 10.5 Å². The second kappa shape index (κ2) is 6.07. The highest BCUT2D eigenvalue weighted by molar-refractivity contribution is 7.89. The summed E-state index contributed by atoms with van der Waals surface area (Å²) in [4.78, 5) is -0.0730. The van der Waals surface area contributed by atoms with Crippen molar-refractivity contribution >= 4 is 15.7 Å². The van der Waals surface area contributed by atoms with Crippen LogP contribution in [0.3, 0.4) is 0 Å². The molecule has 0 aliphatic heterocycles. The van der Waals surface area contributed by atoms with Crippen molar-refractivity contribution in [3.8, 4) is 0 Å². The molecule has 0 bridgehead atoms. The third-order valence-corrected chi connectivity index (χ3v) is 5.31. The van der Waals surface area contributed by atoms with Gasteiger partial charge in [-0.05, 0) is 37.5 Å². The van der Waals surface area contributed by atoms with Gasteiger partial charge in [-0.15, -0.1) is 0 Å². The Labute approximate surface area is 119 Å². The molecule has 0 saturated carbocycles. The number of nitrogens with one attached hydrogen (secondary N) is 1. The first kappa shape index (κ1) is 16.9. The van der Waals surface area contributed by atoms with Crippen molar-refractivity contribution in [1.82, 2.24) is 4.72 Å². The molecule has 0 unspecified atom stereocenters. The molecule has 0 aliphatic rings. The molecule has 4 N–H and O–H groups in total. The number of nitrogens with two attached hydrogens (primary N) is 1. The average molecular weight is 304 g/mol. The molecular weight excluding hydrogens is 283 g/mol. The molecule has 5 nitrogen and oxygen atoms in total. The average Bonchev–Trinajstić information content (AvgIpc) is 2.40. The van der Waals surface area contributed by atoms with Crippen LogP contribution in [0.2, 0.25) is 0 Å². The molecule has 1 aromatic carbocycles. The molecule has 20 heavy (non-hydrogen) atoms. The van der Waals surface area contributed by atoms with Crippen molar-refractivity contribution in [2.75, 3.05) is 12.3 Å². The predicted octanol–water partition coefficient (Wildman–Crippen LogP) is 1.55. The molecule has 0 aromatic heterocycles. The number of hydrogen-bond donors (Lipinski definition) is 3. The first-order valence-corrected chi connectivity index (χ1v) is 7.90. The lowest BCUT2D eigenvalue weighted by Gasteiger charge is -2.30. The number of hydrogen-bond acceptors (Lipinski definition) is 4. The van der Waals surface area contributed by atoms with Gasteiger partial charge in [0.2, 0.25) is 10.0 Å². The Morgan fingerprint density at radius 1 is 1.35 bits per heavy atom. The monoisotopic (exact) mass is 304 g/mol. The Morgan fingerprint density at radius 3 is 2.35 bits per heavy atom. The van der Waals surface area contributed by atoms with Crippen LogP contribution >= 0.6 is 0 Å². The SMILES string of the molecule is CCC(CC)(CO)NS(=O)(=O)c1cc(N)c(F)cc1C. The number of aliphatic hydroxyl groups excluding tert-OH is 1. The van der Waals surface area contributed by atoms with Gasteiger partial charge in [0, 0.05) is 0 Å². The molecule has 0 radical (unpaired) electrons. The number of benzene rings is 1. The van der Waals surface area contributed by atoms with E-state index in [9.17, 15) is 17.9 Å². The minimum Gasteiger partial charge on any atom is -0.396 e. The van der Waals surface area contributed by atoms with E-state index in [1.54, 1.807) is 13.8 Å². The molecule has 7 heteroatoms. The van der Waals surface area contributed by atoms with Crippen molar-refractivity contribution in [2.24, 2.45) is 0 Å². The van der Waals surface area contributed by atoms with Crippen molar-refractivity contribution in [1.29, 1.82) is 0 Å². The fourth-order valence-electron chi connectivity index (χ4n) is 1.95. The second-order valence-electron chi connectivity index (χ2n) is 4.89. The highest BCUT2D eigenvalue weighted by Crippen LogP contribution is 2.24. The smallest absolute Gasteiger partial charge is 0.241 e. The Kier molecular flexibility index (Phi) is 5.12. The summed E-state index contributed by atoms with van der Waals surface area (Å²) in [5.74, 6) is -0.652. The van der Waals surface area contributed by atoms with Gasteiger partial charge in [0.15, 0.2) is 0 Å². The number of rotatable bonds is 6. The maximum Gasteiger partial charge on any atom is 0.241 e. The quantitative estimate of drug-likeness (QED) is 0.695. The first-order chi connectivity index (χ1) is 9.21. The first-order valence-electron chi connectivity index (χ1n) is 6.42. The lowest BCUT2D eigenvalue weighted by molar-refractivity contribution is 0.172. The summed E-state index contributed by atoms with van der Waals surface area (Å²) in [7, 11) is -3.88. The summed E-state index contributed by atoms with van der Waals surface area (Å²) in [5, 5.41) is 9.44. The molecule has 0 atom stereocenters. The van der Waals surface area contributed by atoms with Crippen LogP contribution in [0.5, 0.6) is 0 Å². The summed E-state index contributed by atoms with van der Waals surface area (Å²) < 4.78 is 40.6. The van der Waals surface area contributed by atoms with E-state index < -0.39 is 21.4 Å². The fourth-order valence-corrected chi connectivity index (χ4v) is 3.75. The van der Waals surface area contributed by atoms with Crippen LogP contribution in [0.4, 0.5) is 10.1 Å². The van der Waals surface area contributed by atoms with Crippen molar-refractivity contribution < 1.29 is 17.9 Å². The number of nitrogen functional groups attached to an aromatic ring is 1. The van der Waals surface area contributed by atoms with Gasteiger partial charge in [-0.2, -0.15) is 0 Å². The van der Waals surface area contributed by atoms with Gasteiger partial charge in [-0.1, -0.05) is 13.8 Å². The lowest BCUT2D eigenvalue weighted by Crippen LogP contribution is -2.50. The van der Waals surface area contributed by atoms with Crippen molar-refractivity contribution in [2.45, 2.75) is 44.0 Å². The summed E-state index contributed by atoms with van der Waals surface area (Å²) in [6.07, 6.45) is 0.879. The zero-order valence-electron chi connectivity index (χ0n) is 11.9. The van der Waals surface area contributed by atoms with E-state index in [4.69, 9.17) is 5.73 Å². The molecule has 0 saturated heterocycles. The highest BCUT2D eigenvalue weighted by atomic mass is 32.2. The van der Waals surface area contributed by atoms with Crippen LogP contribution in [0.25, 0.3) is 0 Å². The molecule has 1 rings (SSSR count). The number of halogens is 1. The van der Waals surface area contributed by atoms with E-state index in [0.29, 0.717) is 12.8 Å². The maximum absolute atomic E-state index is 13.3. The largest absolute Gasteiger partial charge is 0.396 e. The number of aryl methyl sites for hydroxylation is 1. The van der Waals surface area contributed by atoms with Crippen LogP contribution in [0.15, 0.2) is 17.0 Å². The predicted molar refractivity (Wildman–Crippen MR) is 76.3 cm³/mol. The van der Waals surface area contributed by atoms with E-state index in [1.165, 1.54) is 6.92 Å². The highest BCUT2D eigenvalue weighted by Gasteiger charge is 2.32. The Balaban J connectivity index is 3.28. The summed E-state index contributed by atoms with van der Waals surface area (Å²) in [5.41, 5.74) is 4.55. The van der Waals surface area contributed by atoms with E-state index >= 15 is 0 Å². The minimum absolute atomic E-state index is 0.0730. The van der Waals surface area contributed by atoms with Gasteiger partial charge in [0.05, 0.1) is 22.7 Å². The van der Waals surface area contributed by atoms with Crippen LogP contribution in [0.1, 0.15) is 32.3 Å². The standard InChI is InChI=1S/C13H21FN2O3S/c1-4-13(5-2,8-17)16-20(18,19)12-7-11(15)10(14)6-9(12)3/h6-7,16-17H,4-5,8,15H2,1-3H3. The molecule has 114 valence electrons. The van der Waals surface area contributed by atoms with E-state index in [-0.39, 0.29) is 22.8 Å². The van der Waals surface area contributed by atoms with Gasteiger partial charge in [-0.3, -0.25) is 0 Å². The third-order valence-electron chi connectivity index (χ3n) is 3.59. The van der Waals surface area contributed by atoms with Crippen molar-refractivity contribution in [3.63, 3.8) is 0 Å². The molecular formula is C13H21FN2O3S. The van der Waals surface area contributed by atoms with Gasteiger partial charge >= 0.3 is 0 Å². The molecule has 0 heterocycles. The Morgan fingerprint density at radius 2 is 1.90 bits per heavy atom. The van der Waals surface area contributed by atoms with E-state index in [1.807, 2.05) is 0 Å². The van der Waals surface area contributed by atoms with Gasteiger partial charge < -0.3 is 10.8 Å². The zero-order valence-corrected chi connectivity index (χ0v) is 12.7. The second-order valence-corrected chi connectivity index (χ2v) is 6.54. The zero-order chi connectivity index (χ0) is 15.6. The van der Waals surface area contributed by atoms with Gasteiger partial charge in [0.25, 0.3) is 0 Å². The third kappa shape index (κ3) is 3.28. The topological polar surface area (TPSA) is 92.4 Å².